The third-order valence-electron chi connectivity index (χ3n) is 4.98. The van der Waals surface area contributed by atoms with Gasteiger partial charge in [0, 0.05) is 19.6 Å². The molecule has 0 bridgehead atoms. The van der Waals surface area contributed by atoms with Crippen LogP contribution < -0.4 is 5.32 Å². The second-order valence-electron chi connectivity index (χ2n) is 6.51. The van der Waals surface area contributed by atoms with E-state index in [1.165, 1.54) is 50.9 Å². The van der Waals surface area contributed by atoms with Crippen LogP contribution >= 0.6 is 0 Å². The van der Waals surface area contributed by atoms with Gasteiger partial charge in [0.05, 0.1) is 0 Å². The first-order valence-corrected chi connectivity index (χ1v) is 8.79. The average molecular weight is 288 g/mol. The number of nitrogens with one attached hydrogen (secondary N) is 1. The van der Waals surface area contributed by atoms with E-state index in [1.807, 2.05) is 0 Å². The van der Waals surface area contributed by atoms with E-state index in [9.17, 15) is 0 Å². The van der Waals surface area contributed by atoms with E-state index in [0.29, 0.717) is 5.92 Å². The van der Waals surface area contributed by atoms with Crippen LogP contribution in [0.3, 0.4) is 0 Å². The Morgan fingerprint density at radius 1 is 1.10 bits per heavy atom. The quantitative estimate of drug-likeness (QED) is 0.730. The van der Waals surface area contributed by atoms with Crippen LogP contribution in [0, 0.1) is 5.92 Å². The molecule has 1 aromatic rings. The number of likely N-dealkylation sites (tertiary alicyclic amines) is 1. The van der Waals surface area contributed by atoms with Gasteiger partial charge >= 0.3 is 0 Å². The standard InChI is InChI=1S/C19H32N2/c1-3-17(2)19(18-10-6-4-7-11-18)16-20-12-15-21-13-8-5-9-14-21/h4,6-7,10-11,17,19-20H,3,5,8-9,12-16H2,1-2H3. The molecule has 2 rings (SSSR count). The minimum Gasteiger partial charge on any atom is -0.315 e. The van der Waals surface area contributed by atoms with Crippen molar-refractivity contribution < 1.29 is 0 Å². The lowest BCUT2D eigenvalue weighted by atomic mass is 9.85. The van der Waals surface area contributed by atoms with E-state index >= 15 is 0 Å². The van der Waals surface area contributed by atoms with Crippen LogP contribution in [0.1, 0.15) is 51.0 Å². The zero-order valence-electron chi connectivity index (χ0n) is 13.9. The van der Waals surface area contributed by atoms with E-state index in [4.69, 9.17) is 0 Å². The normalized spacial score (nSPS) is 19.3. The molecule has 1 fully saturated rings. The van der Waals surface area contributed by atoms with Crippen LogP contribution in [0.2, 0.25) is 0 Å². The Labute approximate surface area is 130 Å². The largest absolute Gasteiger partial charge is 0.315 e. The summed E-state index contributed by atoms with van der Waals surface area (Å²) in [4.78, 5) is 2.61. The summed E-state index contributed by atoms with van der Waals surface area (Å²) >= 11 is 0. The number of hydrogen-bond donors (Lipinski definition) is 1. The van der Waals surface area contributed by atoms with E-state index in [1.54, 1.807) is 0 Å². The molecule has 0 spiro atoms. The first-order chi connectivity index (χ1) is 10.3. The van der Waals surface area contributed by atoms with Gasteiger partial charge < -0.3 is 10.2 Å². The molecule has 21 heavy (non-hydrogen) atoms. The van der Waals surface area contributed by atoms with E-state index in [0.717, 1.165) is 19.0 Å². The van der Waals surface area contributed by atoms with Crippen molar-refractivity contribution in [1.29, 1.82) is 0 Å². The van der Waals surface area contributed by atoms with Crippen molar-refractivity contribution in [2.75, 3.05) is 32.7 Å². The Morgan fingerprint density at radius 3 is 2.48 bits per heavy atom. The topological polar surface area (TPSA) is 15.3 Å². The number of benzene rings is 1. The molecule has 0 saturated carbocycles. The molecule has 0 radical (unpaired) electrons. The van der Waals surface area contributed by atoms with Gasteiger partial charge in [-0.15, -0.1) is 0 Å². The fraction of sp³-hybridized carbons (Fsp3) is 0.684. The fourth-order valence-electron chi connectivity index (χ4n) is 3.31. The van der Waals surface area contributed by atoms with E-state index < -0.39 is 0 Å². The van der Waals surface area contributed by atoms with Crippen molar-refractivity contribution in [3.05, 3.63) is 35.9 Å². The van der Waals surface area contributed by atoms with E-state index in [2.05, 4.69) is 54.4 Å². The summed E-state index contributed by atoms with van der Waals surface area (Å²) in [5, 5.41) is 3.70. The molecule has 1 aliphatic rings. The highest BCUT2D eigenvalue weighted by Crippen LogP contribution is 2.26. The zero-order chi connectivity index (χ0) is 14.9. The van der Waals surface area contributed by atoms with Crippen molar-refractivity contribution in [2.24, 2.45) is 5.92 Å². The highest BCUT2D eigenvalue weighted by molar-refractivity contribution is 5.20. The van der Waals surface area contributed by atoms with Gasteiger partial charge in [-0.05, 0) is 43.3 Å². The molecular weight excluding hydrogens is 256 g/mol. The summed E-state index contributed by atoms with van der Waals surface area (Å²) in [6.45, 7) is 10.7. The van der Waals surface area contributed by atoms with Crippen LogP contribution in [-0.2, 0) is 0 Å². The predicted molar refractivity (Wildman–Crippen MR) is 91.8 cm³/mol. The SMILES string of the molecule is CCC(C)C(CNCCN1CCCCC1)c1ccccc1. The molecule has 1 aromatic carbocycles. The van der Waals surface area contributed by atoms with Crippen molar-refractivity contribution in [2.45, 2.75) is 45.4 Å². The molecule has 1 heterocycles. The maximum Gasteiger partial charge on any atom is 0.0107 e. The molecule has 0 amide bonds. The maximum atomic E-state index is 3.70. The highest BCUT2D eigenvalue weighted by atomic mass is 15.1. The number of rotatable bonds is 8. The lowest BCUT2D eigenvalue weighted by molar-refractivity contribution is 0.228. The third kappa shape index (κ3) is 5.44. The number of piperidine rings is 1. The van der Waals surface area contributed by atoms with Crippen LogP contribution in [0.5, 0.6) is 0 Å². The van der Waals surface area contributed by atoms with Gasteiger partial charge in [0.25, 0.3) is 0 Å². The average Bonchev–Trinajstić information content (AvgIpc) is 2.56. The van der Waals surface area contributed by atoms with E-state index in [-0.39, 0.29) is 0 Å². The molecular formula is C19H32N2. The molecule has 2 atom stereocenters. The Hall–Kier alpha value is -0.860. The monoisotopic (exact) mass is 288 g/mol. The second kappa shape index (κ2) is 9.22. The molecule has 1 aliphatic heterocycles. The minimum atomic E-state index is 0.637. The minimum absolute atomic E-state index is 0.637. The van der Waals surface area contributed by atoms with Gasteiger partial charge in [-0.3, -0.25) is 0 Å². The summed E-state index contributed by atoms with van der Waals surface area (Å²) in [6.07, 6.45) is 5.44. The molecule has 1 N–H and O–H groups in total. The maximum absolute atomic E-state index is 3.70. The van der Waals surface area contributed by atoms with Crippen molar-refractivity contribution in [3.8, 4) is 0 Å². The lowest BCUT2D eigenvalue weighted by Crippen LogP contribution is -2.37. The van der Waals surface area contributed by atoms with Gasteiger partial charge in [0.1, 0.15) is 0 Å². The Kier molecular flexibility index (Phi) is 7.25. The van der Waals surface area contributed by atoms with Crippen molar-refractivity contribution >= 4 is 0 Å². The fourth-order valence-corrected chi connectivity index (χ4v) is 3.31. The molecule has 118 valence electrons. The molecule has 0 aromatic heterocycles. The number of hydrogen-bond acceptors (Lipinski definition) is 2. The van der Waals surface area contributed by atoms with Gasteiger partial charge in [-0.25, -0.2) is 0 Å². The van der Waals surface area contributed by atoms with Crippen LogP contribution in [0.4, 0.5) is 0 Å². The van der Waals surface area contributed by atoms with Gasteiger partial charge in [0.2, 0.25) is 0 Å². The first kappa shape index (κ1) is 16.5. The Bertz CT molecular complexity index is 370. The zero-order valence-corrected chi connectivity index (χ0v) is 13.9. The summed E-state index contributed by atoms with van der Waals surface area (Å²) < 4.78 is 0. The Balaban J connectivity index is 1.76. The second-order valence-corrected chi connectivity index (χ2v) is 6.51. The van der Waals surface area contributed by atoms with Gasteiger partial charge in [-0.2, -0.15) is 0 Å². The molecule has 1 saturated heterocycles. The Morgan fingerprint density at radius 2 is 1.81 bits per heavy atom. The lowest BCUT2D eigenvalue weighted by Gasteiger charge is -2.28. The molecule has 2 nitrogen and oxygen atoms in total. The van der Waals surface area contributed by atoms with Crippen LogP contribution in [-0.4, -0.2) is 37.6 Å². The van der Waals surface area contributed by atoms with Crippen molar-refractivity contribution in [1.82, 2.24) is 10.2 Å². The highest BCUT2D eigenvalue weighted by Gasteiger charge is 2.17. The smallest absolute Gasteiger partial charge is 0.0107 e. The summed E-state index contributed by atoms with van der Waals surface area (Å²) in [5.41, 5.74) is 1.48. The molecule has 0 aliphatic carbocycles. The summed E-state index contributed by atoms with van der Waals surface area (Å²) in [6, 6.07) is 11.0. The van der Waals surface area contributed by atoms with Crippen molar-refractivity contribution in [3.63, 3.8) is 0 Å². The van der Waals surface area contributed by atoms with Gasteiger partial charge in [-0.1, -0.05) is 57.0 Å². The summed E-state index contributed by atoms with van der Waals surface area (Å²) in [7, 11) is 0. The molecule has 2 heteroatoms. The molecule has 2 unspecified atom stereocenters. The number of nitrogens with zero attached hydrogens (tertiary/aromatic N) is 1. The van der Waals surface area contributed by atoms with Crippen LogP contribution in [0.25, 0.3) is 0 Å². The predicted octanol–water partition coefficient (Wildman–Crippen LogP) is 3.89. The summed E-state index contributed by atoms with van der Waals surface area (Å²) in [5.74, 6) is 1.37. The van der Waals surface area contributed by atoms with Gasteiger partial charge in [0.15, 0.2) is 0 Å². The first-order valence-electron chi connectivity index (χ1n) is 8.79. The third-order valence-corrected chi connectivity index (χ3v) is 4.98. The van der Waals surface area contributed by atoms with Crippen LogP contribution in [0.15, 0.2) is 30.3 Å².